The molecule has 0 bridgehead atoms. The van der Waals surface area contributed by atoms with Crippen molar-refractivity contribution >= 4 is 45.3 Å². The maximum absolute atomic E-state index is 13.0. The molecule has 4 nitrogen and oxygen atoms in total. The minimum absolute atomic E-state index is 0.307. The van der Waals surface area contributed by atoms with E-state index in [9.17, 15) is 9.18 Å². The van der Waals surface area contributed by atoms with Gasteiger partial charge in [0.2, 0.25) is 0 Å². The zero-order valence-electron chi connectivity index (χ0n) is 14.7. The van der Waals surface area contributed by atoms with Crippen molar-refractivity contribution in [3.8, 4) is 0 Å². The highest BCUT2D eigenvalue weighted by atomic mass is 32.1. The number of thiophene rings is 1. The Kier molecular flexibility index (Phi) is 5.88. The Bertz CT molecular complexity index is 818. The number of thiocarbonyl (C=S) groups is 1. The van der Waals surface area contributed by atoms with E-state index in [0.29, 0.717) is 33.9 Å². The first-order chi connectivity index (χ1) is 12.5. The van der Waals surface area contributed by atoms with E-state index in [1.165, 1.54) is 17.0 Å². The molecule has 2 aromatic rings. The molecule has 2 N–H and O–H groups in total. The number of fused-ring (bicyclic) bond motifs is 1. The van der Waals surface area contributed by atoms with Crippen molar-refractivity contribution in [3.05, 3.63) is 46.1 Å². The topological polar surface area (TPSA) is 50.4 Å². The zero-order chi connectivity index (χ0) is 18.7. The maximum atomic E-state index is 13.0. The molecule has 1 aliphatic rings. The number of anilines is 2. The van der Waals surface area contributed by atoms with Crippen LogP contribution in [0.3, 0.4) is 0 Å². The summed E-state index contributed by atoms with van der Waals surface area (Å²) in [5.74, 6) is -0.298. The fourth-order valence-corrected chi connectivity index (χ4v) is 4.84. The Morgan fingerprint density at radius 1 is 1.35 bits per heavy atom. The summed E-state index contributed by atoms with van der Waals surface area (Å²) in [4.78, 5) is 13.8. The Balaban J connectivity index is 1.85. The smallest absolute Gasteiger partial charge is 0.341 e. The number of benzene rings is 1. The van der Waals surface area contributed by atoms with Gasteiger partial charge in [0, 0.05) is 10.6 Å². The number of ether oxygens (including phenoxy) is 1. The molecule has 1 aliphatic carbocycles. The third-order valence-corrected chi connectivity index (χ3v) is 5.75. The van der Waals surface area contributed by atoms with Crippen LogP contribution in [-0.4, -0.2) is 17.7 Å². The SMILES string of the molecule is CCOC(=O)c1c(NC(=S)Nc2ccc(F)cc2)sc2c1C(C)CCC2. The number of hydrogen-bond acceptors (Lipinski definition) is 4. The Labute approximate surface area is 161 Å². The average molecular weight is 393 g/mol. The zero-order valence-corrected chi connectivity index (χ0v) is 16.4. The average Bonchev–Trinajstić information content (AvgIpc) is 2.96. The number of esters is 1. The van der Waals surface area contributed by atoms with Gasteiger partial charge in [-0.15, -0.1) is 11.3 Å². The molecule has 1 aromatic heterocycles. The second kappa shape index (κ2) is 8.14. The van der Waals surface area contributed by atoms with Crippen LogP contribution in [0.1, 0.15) is 53.4 Å². The molecule has 1 unspecified atom stereocenters. The largest absolute Gasteiger partial charge is 0.462 e. The second-order valence-electron chi connectivity index (χ2n) is 6.24. The van der Waals surface area contributed by atoms with Crippen molar-refractivity contribution in [2.75, 3.05) is 17.2 Å². The molecule has 138 valence electrons. The van der Waals surface area contributed by atoms with Gasteiger partial charge in [0.15, 0.2) is 5.11 Å². The summed E-state index contributed by atoms with van der Waals surface area (Å²) in [6.07, 6.45) is 3.15. The molecule has 0 saturated carbocycles. The van der Waals surface area contributed by atoms with Gasteiger partial charge in [0.05, 0.1) is 12.2 Å². The van der Waals surface area contributed by atoms with Crippen LogP contribution in [0.5, 0.6) is 0 Å². The van der Waals surface area contributed by atoms with E-state index in [2.05, 4.69) is 17.6 Å². The molecular formula is C19H21FN2O2S2. The lowest BCUT2D eigenvalue weighted by Crippen LogP contribution is -2.20. The minimum atomic E-state index is -0.314. The molecule has 26 heavy (non-hydrogen) atoms. The molecule has 0 aliphatic heterocycles. The lowest BCUT2D eigenvalue weighted by atomic mass is 9.86. The van der Waals surface area contributed by atoms with E-state index in [-0.39, 0.29) is 11.8 Å². The molecule has 7 heteroatoms. The van der Waals surface area contributed by atoms with E-state index < -0.39 is 0 Å². The van der Waals surface area contributed by atoms with Gasteiger partial charge in [-0.05, 0) is 74.2 Å². The number of aryl methyl sites for hydroxylation is 1. The number of halogens is 1. The predicted octanol–water partition coefficient (Wildman–Crippen LogP) is 5.31. The van der Waals surface area contributed by atoms with Crippen molar-refractivity contribution in [2.24, 2.45) is 0 Å². The molecule has 1 atom stereocenters. The standard InChI is InChI=1S/C19H21FN2O2S2/c1-3-24-18(23)16-15-11(2)5-4-6-14(15)26-17(16)22-19(25)21-13-9-7-12(20)8-10-13/h7-11H,3-6H2,1-2H3,(H2,21,22,25). The van der Waals surface area contributed by atoms with Crippen LogP contribution in [0, 0.1) is 5.82 Å². The van der Waals surface area contributed by atoms with Crippen LogP contribution >= 0.6 is 23.6 Å². The highest BCUT2D eigenvalue weighted by Crippen LogP contribution is 2.43. The summed E-state index contributed by atoms with van der Waals surface area (Å²) in [6.45, 7) is 4.27. The third-order valence-electron chi connectivity index (χ3n) is 4.36. The van der Waals surface area contributed by atoms with Crippen LogP contribution < -0.4 is 10.6 Å². The van der Waals surface area contributed by atoms with Crippen molar-refractivity contribution in [2.45, 2.75) is 39.0 Å². The number of carbonyl (C=O) groups is 1. The molecule has 0 spiro atoms. The van der Waals surface area contributed by atoms with Gasteiger partial charge in [-0.2, -0.15) is 0 Å². The Morgan fingerprint density at radius 2 is 2.08 bits per heavy atom. The van der Waals surface area contributed by atoms with Crippen molar-refractivity contribution < 1.29 is 13.9 Å². The van der Waals surface area contributed by atoms with E-state index in [4.69, 9.17) is 17.0 Å². The third kappa shape index (κ3) is 4.04. The number of hydrogen-bond donors (Lipinski definition) is 2. The predicted molar refractivity (Wildman–Crippen MR) is 108 cm³/mol. The van der Waals surface area contributed by atoms with Gasteiger partial charge in [-0.25, -0.2) is 9.18 Å². The van der Waals surface area contributed by atoms with Gasteiger partial charge >= 0.3 is 5.97 Å². The number of nitrogens with one attached hydrogen (secondary N) is 2. The summed E-state index contributed by atoms with van der Waals surface area (Å²) in [7, 11) is 0. The molecule has 3 rings (SSSR count). The van der Waals surface area contributed by atoms with E-state index in [1.54, 1.807) is 30.4 Å². The van der Waals surface area contributed by atoms with Gasteiger partial charge in [0.25, 0.3) is 0 Å². The summed E-state index contributed by atoms with van der Waals surface area (Å²) >= 11 is 6.93. The first kappa shape index (κ1) is 18.8. The lowest BCUT2D eigenvalue weighted by Gasteiger charge is -2.19. The first-order valence-electron chi connectivity index (χ1n) is 8.65. The lowest BCUT2D eigenvalue weighted by molar-refractivity contribution is 0.0526. The monoisotopic (exact) mass is 392 g/mol. The summed E-state index contributed by atoms with van der Waals surface area (Å²) < 4.78 is 18.3. The van der Waals surface area contributed by atoms with Crippen molar-refractivity contribution in [1.82, 2.24) is 0 Å². The van der Waals surface area contributed by atoms with Crippen LogP contribution in [0.25, 0.3) is 0 Å². The van der Waals surface area contributed by atoms with Crippen LogP contribution in [-0.2, 0) is 11.2 Å². The van der Waals surface area contributed by atoms with Crippen molar-refractivity contribution in [3.63, 3.8) is 0 Å². The maximum Gasteiger partial charge on any atom is 0.341 e. The van der Waals surface area contributed by atoms with Gasteiger partial charge in [-0.3, -0.25) is 0 Å². The van der Waals surface area contributed by atoms with Gasteiger partial charge < -0.3 is 15.4 Å². The fraction of sp³-hybridized carbons (Fsp3) is 0.368. The quantitative estimate of drug-likeness (QED) is 0.545. The Morgan fingerprint density at radius 3 is 2.77 bits per heavy atom. The summed E-state index contributed by atoms with van der Waals surface area (Å²) in [5, 5.41) is 7.22. The second-order valence-corrected chi connectivity index (χ2v) is 7.76. The highest BCUT2D eigenvalue weighted by Gasteiger charge is 2.30. The van der Waals surface area contributed by atoms with Crippen LogP contribution in [0.2, 0.25) is 0 Å². The van der Waals surface area contributed by atoms with Crippen LogP contribution in [0.15, 0.2) is 24.3 Å². The van der Waals surface area contributed by atoms with Gasteiger partial charge in [-0.1, -0.05) is 6.92 Å². The molecule has 0 saturated heterocycles. The van der Waals surface area contributed by atoms with E-state index in [0.717, 1.165) is 24.8 Å². The molecule has 1 aromatic carbocycles. The highest BCUT2D eigenvalue weighted by molar-refractivity contribution is 7.80. The molecule has 1 heterocycles. The Hall–Kier alpha value is -1.99. The summed E-state index contributed by atoms with van der Waals surface area (Å²) in [6, 6.07) is 5.94. The first-order valence-corrected chi connectivity index (χ1v) is 9.88. The number of rotatable bonds is 4. The normalized spacial score (nSPS) is 15.9. The molecule has 0 amide bonds. The fourth-order valence-electron chi connectivity index (χ4n) is 3.20. The molecular weight excluding hydrogens is 371 g/mol. The summed E-state index contributed by atoms with van der Waals surface area (Å²) in [5.41, 5.74) is 2.37. The van der Waals surface area contributed by atoms with E-state index in [1.807, 2.05) is 0 Å². The van der Waals surface area contributed by atoms with E-state index >= 15 is 0 Å². The molecule has 0 fully saturated rings. The minimum Gasteiger partial charge on any atom is -0.462 e. The van der Waals surface area contributed by atoms with Gasteiger partial charge in [0.1, 0.15) is 10.8 Å². The number of carbonyl (C=O) groups excluding carboxylic acids is 1. The van der Waals surface area contributed by atoms with Crippen molar-refractivity contribution in [1.29, 1.82) is 0 Å². The molecule has 0 radical (unpaired) electrons. The van der Waals surface area contributed by atoms with Crippen LogP contribution in [0.4, 0.5) is 15.1 Å².